The van der Waals surface area contributed by atoms with Gasteiger partial charge in [0.1, 0.15) is 0 Å². The van der Waals surface area contributed by atoms with E-state index in [2.05, 4.69) is 3.53 Å². The Hall–Kier alpha value is -0.510. The lowest BCUT2D eigenvalue weighted by Crippen LogP contribution is -2.18. The zero-order chi connectivity index (χ0) is 14.0. The van der Waals surface area contributed by atoms with Gasteiger partial charge >= 0.3 is 12.1 Å². The van der Waals surface area contributed by atoms with Crippen LogP contribution in [0.3, 0.4) is 0 Å². The predicted octanol–water partition coefficient (Wildman–Crippen LogP) is 4.21. The highest BCUT2D eigenvalue weighted by atomic mass is 127. The van der Waals surface area contributed by atoms with Crippen molar-refractivity contribution < 1.29 is 26.3 Å². The zero-order valence-electron chi connectivity index (χ0n) is 8.79. The summed E-state index contributed by atoms with van der Waals surface area (Å²) in [5.41, 5.74) is -2.17. The van der Waals surface area contributed by atoms with Crippen LogP contribution in [0.25, 0.3) is 0 Å². The van der Waals surface area contributed by atoms with Crippen molar-refractivity contribution in [2.24, 2.45) is 0 Å². The van der Waals surface area contributed by atoms with Gasteiger partial charge in [0.25, 0.3) is 0 Å². The summed E-state index contributed by atoms with van der Waals surface area (Å²) >= 11 is 1.67. The molecule has 0 aliphatic rings. The van der Waals surface area contributed by atoms with Gasteiger partial charge in [0.15, 0.2) is 6.67 Å². The minimum Gasteiger partial charge on any atom is -0.257 e. The highest BCUT2D eigenvalue weighted by Crippen LogP contribution is 2.35. The molecule has 0 bridgehead atoms. The quantitative estimate of drug-likeness (QED) is 0.467. The van der Waals surface area contributed by atoms with E-state index < -0.39 is 29.9 Å². The summed E-state index contributed by atoms with van der Waals surface area (Å²) in [6, 6.07) is 1.89. The average Bonchev–Trinajstić information content (AvgIpc) is 2.28. The second kappa shape index (κ2) is 5.64. The van der Waals surface area contributed by atoms with Crippen molar-refractivity contribution in [3.05, 3.63) is 34.9 Å². The topological polar surface area (TPSA) is 12.0 Å². The van der Waals surface area contributed by atoms with Crippen molar-refractivity contribution in [3.63, 3.8) is 0 Å². The molecule has 0 aliphatic carbocycles. The van der Waals surface area contributed by atoms with Gasteiger partial charge in [-0.05, 0) is 23.8 Å². The molecule has 1 N–H and O–H groups in total. The summed E-state index contributed by atoms with van der Waals surface area (Å²) in [6.07, 6.45) is -4.75. The highest BCUT2D eigenvalue weighted by Gasteiger charge is 2.37. The molecule has 1 rings (SSSR count). The molecule has 0 heterocycles. The molecule has 0 spiro atoms. The Morgan fingerprint density at radius 2 is 1.56 bits per heavy atom. The van der Waals surface area contributed by atoms with Crippen molar-refractivity contribution in [2.45, 2.75) is 18.6 Å². The third-order valence-electron chi connectivity index (χ3n) is 2.18. The van der Waals surface area contributed by atoms with Gasteiger partial charge in [-0.2, -0.15) is 22.0 Å². The van der Waals surface area contributed by atoms with Crippen molar-refractivity contribution in [3.8, 4) is 0 Å². The summed E-state index contributed by atoms with van der Waals surface area (Å²) in [4.78, 5) is 0. The van der Waals surface area contributed by atoms with Crippen LogP contribution in [0.2, 0.25) is 0 Å². The average molecular weight is 383 g/mol. The summed E-state index contributed by atoms with van der Waals surface area (Å²) in [5, 5.41) is 0. The molecular weight excluding hydrogens is 375 g/mol. The number of halogens is 7. The van der Waals surface area contributed by atoms with Gasteiger partial charge in [-0.15, -0.1) is 0 Å². The van der Waals surface area contributed by atoms with Crippen LogP contribution in [-0.4, -0.2) is 6.67 Å². The lowest BCUT2D eigenvalue weighted by Gasteiger charge is -2.17. The van der Waals surface area contributed by atoms with Crippen molar-refractivity contribution >= 4 is 22.9 Å². The Kier molecular flexibility index (Phi) is 4.87. The molecular formula is C10H8F6IN. The molecule has 0 aromatic heterocycles. The lowest BCUT2D eigenvalue weighted by molar-refractivity contribution is -0.137. The third-order valence-corrected chi connectivity index (χ3v) is 2.56. The summed E-state index contributed by atoms with van der Waals surface area (Å²) in [7, 11) is 0. The molecule has 102 valence electrons. The van der Waals surface area contributed by atoms with Gasteiger partial charge in [-0.25, -0.2) is 4.39 Å². The van der Waals surface area contributed by atoms with Gasteiger partial charge in [-0.1, -0.05) is 0 Å². The number of hydrogen-bond donors (Lipinski definition) is 1. The van der Waals surface area contributed by atoms with Crippen molar-refractivity contribution in [2.75, 3.05) is 6.67 Å². The van der Waals surface area contributed by atoms with Crippen LogP contribution in [0.4, 0.5) is 26.3 Å². The minimum atomic E-state index is -4.75. The van der Waals surface area contributed by atoms with E-state index in [9.17, 15) is 26.3 Å². The number of rotatable bonds is 4. The highest BCUT2D eigenvalue weighted by molar-refractivity contribution is 14.1. The molecule has 0 saturated carbocycles. The minimum absolute atomic E-state index is 0.0161. The molecule has 0 aliphatic heterocycles. The molecule has 1 aromatic rings. The van der Waals surface area contributed by atoms with E-state index in [1.54, 1.807) is 22.9 Å². The second-order valence-corrected chi connectivity index (χ2v) is 4.33. The first-order valence-electron chi connectivity index (χ1n) is 4.69. The van der Waals surface area contributed by atoms with Crippen LogP contribution in [0.5, 0.6) is 0 Å². The van der Waals surface area contributed by atoms with Gasteiger partial charge in [0, 0.05) is 35.0 Å². The molecule has 0 radical (unpaired) electrons. The van der Waals surface area contributed by atoms with Crippen molar-refractivity contribution in [1.29, 1.82) is 0 Å². The van der Waals surface area contributed by atoms with Gasteiger partial charge in [0.05, 0.1) is 5.56 Å². The zero-order valence-corrected chi connectivity index (χ0v) is 10.9. The lowest BCUT2D eigenvalue weighted by atomic mass is 10.0. The molecule has 0 atom stereocenters. The normalized spacial score (nSPS) is 12.8. The fourth-order valence-corrected chi connectivity index (χ4v) is 1.76. The molecule has 0 amide bonds. The van der Waals surface area contributed by atoms with Crippen LogP contribution in [-0.2, 0) is 18.6 Å². The molecule has 1 aromatic carbocycles. The summed E-state index contributed by atoms with van der Waals surface area (Å²) < 4.78 is 78.5. The van der Waals surface area contributed by atoms with Crippen LogP contribution < -0.4 is 3.53 Å². The number of alkyl halides is 6. The number of benzene rings is 1. The smallest absolute Gasteiger partial charge is 0.257 e. The Labute approximate surface area is 113 Å². The Morgan fingerprint density at radius 3 is 2.00 bits per heavy atom. The fourth-order valence-electron chi connectivity index (χ4n) is 1.32. The molecule has 0 saturated heterocycles. The van der Waals surface area contributed by atoms with Gasteiger partial charge < -0.3 is 0 Å². The van der Waals surface area contributed by atoms with E-state index in [4.69, 9.17) is 0 Å². The predicted molar refractivity (Wildman–Crippen MR) is 62.2 cm³/mol. The third kappa shape index (κ3) is 3.74. The first-order valence-corrected chi connectivity index (χ1v) is 5.77. The summed E-state index contributed by atoms with van der Waals surface area (Å²) in [6.45, 7) is -2.06. The van der Waals surface area contributed by atoms with E-state index in [0.717, 1.165) is 12.1 Å². The maximum absolute atomic E-state index is 13.1. The molecule has 0 fully saturated rings. The van der Waals surface area contributed by atoms with Crippen LogP contribution >= 0.6 is 22.9 Å². The molecule has 8 heteroatoms. The Morgan fingerprint density at radius 1 is 1.00 bits per heavy atom. The first-order chi connectivity index (χ1) is 8.20. The molecule has 18 heavy (non-hydrogen) atoms. The standard InChI is InChI=1S/C10H8F6IN/c11-5-9(12,13)7-1-6(4-18-17)2-8(3-7)10(14,15)16/h1-3,18H,4-5H2. The van der Waals surface area contributed by atoms with Crippen LogP contribution in [0.1, 0.15) is 16.7 Å². The largest absolute Gasteiger partial charge is 0.416 e. The first kappa shape index (κ1) is 15.5. The van der Waals surface area contributed by atoms with E-state index in [0.29, 0.717) is 0 Å². The maximum atomic E-state index is 13.1. The van der Waals surface area contributed by atoms with E-state index >= 15 is 0 Å². The van der Waals surface area contributed by atoms with Crippen LogP contribution in [0.15, 0.2) is 18.2 Å². The number of hydrogen-bond acceptors (Lipinski definition) is 1. The fraction of sp³-hybridized carbons (Fsp3) is 0.400. The van der Waals surface area contributed by atoms with E-state index in [-0.39, 0.29) is 18.2 Å². The Bertz CT molecular complexity index is 417. The Balaban J connectivity index is 3.31. The molecule has 1 nitrogen and oxygen atoms in total. The van der Waals surface area contributed by atoms with E-state index in [1.807, 2.05) is 0 Å². The van der Waals surface area contributed by atoms with Gasteiger partial charge in [-0.3, -0.25) is 3.53 Å². The van der Waals surface area contributed by atoms with E-state index in [1.165, 1.54) is 0 Å². The van der Waals surface area contributed by atoms with Gasteiger partial charge in [0.2, 0.25) is 0 Å². The summed E-state index contributed by atoms with van der Waals surface area (Å²) in [5.74, 6) is -3.92. The SMILES string of the molecule is FCC(F)(F)c1cc(CNI)cc(C(F)(F)F)c1. The second-order valence-electron chi connectivity index (χ2n) is 3.56. The monoisotopic (exact) mass is 383 g/mol. The van der Waals surface area contributed by atoms with Crippen LogP contribution in [0, 0.1) is 0 Å². The maximum Gasteiger partial charge on any atom is 0.416 e. The number of nitrogens with one attached hydrogen (secondary N) is 1. The molecule has 0 unspecified atom stereocenters. The van der Waals surface area contributed by atoms with Crippen molar-refractivity contribution in [1.82, 2.24) is 3.53 Å².